The van der Waals surface area contributed by atoms with Crippen LogP contribution in [0.15, 0.2) is 314 Å². The Morgan fingerprint density at radius 1 is 0.306 bits per heavy atom. The van der Waals surface area contributed by atoms with Gasteiger partial charge in [0, 0.05) is 82.5 Å². The molecule has 0 amide bonds. The summed E-state index contributed by atoms with van der Waals surface area (Å²) in [6.07, 6.45) is 0. The van der Waals surface area contributed by atoms with Crippen LogP contribution in [0.25, 0.3) is 168 Å². The summed E-state index contributed by atoms with van der Waals surface area (Å²) in [6, 6.07) is 109. The molecule has 0 atom stereocenters. The molecule has 0 aliphatic heterocycles. The van der Waals surface area contributed by atoms with Gasteiger partial charge in [0.15, 0.2) is 40.5 Å². The zero-order valence-corrected chi connectivity index (χ0v) is 53.4. The average Bonchev–Trinajstić information content (AvgIpc) is 1.56. The number of benzene rings is 13. The molecule has 18 aromatic rings. The molecule has 0 N–H and O–H groups in total. The Hall–Kier alpha value is -13.2. The van der Waals surface area contributed by atoms with Gasteiger partial charge in [-0.25, -0.2) is 29.9 Å². The lowest BCUT2D eigenvalue weighted by Crippen LogP contribution is -2.14. The lowest BCUT2D eigenvalue weighted by Gasteiger charge is -2.21. The van der Waals surface area contributed by atoms with Crippen LogP contribution in [-0.4, -0.2) is 39.0 Å². The zero-order valence-electron chi connectivity index (χ0n) is 53.4. The fraction of sp³-hybridized carbons (Fsp3) is 0.0341. The van der Waals surface area contributed by atoms with Crippen LogP contribution in [0.5, 0.6) is 0 Å². The van der Waals surface area contributed by atoms with Crippen molar-refractivity contribution in [3.05, 3.63) is 326 Å². The maximum absolute atomic E-state index is 9.28. The SMILES string of the molecule is CC1(C)c2ccccc2-c2cc3c4cc(-c5ccccc5)ccc4n(-c4cccc(-c5nc(-c6ccccc6)nc(-c6ccccc6)n5)c4)c3cc21.N#Cc1ccc(-c2nc(-c3ccccc3)nc(-c3ccc(-n4c5ccccc5c5ccc6c7ccccc7oc6c54)cc3)n2)cc1. The number of hydrogen-bond donors (Lipinski definition) is 0. The molecule has 0 saturated carbocycles. The minimum Gasteiger partial charge on any atom is -0.454 e. The van der Waals surface area contributed by atoms with Crippen LogP contribution in [0, 0.1) is 11.3 Å². The van der Waals surface area contributed by atoms with E-state index < -0.39 is 0 Å². The fourth-order valence-electron chi connectivity index (χ4n) is 14.3. The molecule has 10 heteroatoms. The molecule has 0 unspecified atom stereocenters. The molecule has 460 valence electrons. The van der Waals surface area contributed by atoms with E-state index in [4.69, 9.17) is 34.3 Å². The first-order valence-electron chi connectivity index (χ1n) is 32.8. The van der Waals surface area contributed by atoms with Crippen LogP contribution >= 0.6 is 0 Å². The molecule has 5 heterocycles. The van der Waals surface area contributed by atoms with Crippen molar-refractivity contribution in [2.75, 3.05) is 0 Å². The number of aromatic nitrogens is 8. The zero-order chi connectivity index (χ0) is 65.4. The van der Waals surface area contributed by atoms with Crippen molar-refractivity contribution in [3.63, 3.8) is 0 Å². The number of nitrogens with zero attached hydrogens (tertiary/aromatic N) is 9. The summed E-state index contributed by atoms with van der Waals surface area (Å²) in [5.41, 5.74) is 22.0. The number of rotatable bonds is 9. The van der Waals surface area contributed by atoms with E-state index in [2.05, 4.69) is 205 Å². The second-order valence-corrected chi connectivity index (χ2v) is 25.3. The maximum atomic E-state index is 9.28. The van der Waals surface area contributed by atoms with Gasteiger partial charge in [0.2, 0.25) is 0 Å². The second-order valence-electron chi connectivity index (χ2n) is 25.3. The topological polar surface area (TPSA) is 124 Å². The molecule has 19 rings (SSSR count). The molecular formula is C88H57N9O. The first kappa shape index (κ1) is 57.4. The number of para-hydroxylation sites is 2. The molecule has 98 heavy (non-hydrogen) atoms. The number of fused-ring (bicyclic) bond motifs is 13. The van der Waals surface area contributed by atoms with Crippen molar-refractivity contribution >= 4 is 65.6 Å². The molecular weight excluding hydrogens is 1200 g/mol. The lowest BCUT2D eigenvalue weighted by molar-refractivity contribution is 0.661. The molecule has 0 spiro atoms. The second kappa shape index (κ2) is 23.4. The van der Waals surface area contributed by atoms with Gasteiger partial charge in [-0.3, -0.25) is 0 Å². The van der Waals surface area contributed by atoms with Crippen LogP contribution in [0.1, 0.15) is 30.5 Å². The van der Waals surface area contributed by atoms with Crippen molar-refractivity contribution < 1.29 is 4.42 Å². The minimum absolute atomic E-state index is 0.120. The van der Waals surface area contributed by atoms with E-state index in [0.717, 1.165) is 88.6 Å². The van der Waals surface area contributed by atoms with Gasteiger partial charge in [0.05, 0.1) is 33.7 Å². The summed E-state index contributed by atoms with van der Waals surface area (Å²) in [6.45, 7) is 4.69. The molecule has 0 fully saturated rings. The van der Waals surface area contributed by atoms with Gasteiger partial charge < -0.3 is 13.6 Å². The number of furan rings is 1. The summed E-state index contributed by atoms with van der Waals surface area (Å²) in [5, 5.41) is 16.3. The van der Waals surface area contributed by atoms with E-state index in [1.807, 2.05) is 121 Å². The highest BCUT2D eigenvalue weighted by Crippen LogP contribution is 2.51. The van der Waals surface area contributed by atoms with Crippen molar-refractivity contribution in [2.45, 2.75) is 19.3 Å². The van der Waals surface area contributed by atoms with Gasteiger partial charge in [-0.05, 0) is 137 Å². The lowest BCUT2D eigenvalue weighted by atomic mass is 9.82. The summed E-state index contributed by atoms with van der Waals surface area (Å²) >= 11 is 0. The highest BCUT2D eigenvalue weighted by molar-refractivity contribution is 6.21. The van der Waals surface area contributed by atoms with Crippen molar-refractivity contribution in [3.8, 4) is 108 Å². The Morgan fingerprint density at radius 3 is 1.41 bits per heavy atom. The third-order valence-electron chi connectivity index (χ3n) is 19.1. The smallest absolute Gasteiger partial charge is 0.164 e. The van der Waals surface area contributed by atoms with Gasteiger partial charge >= 0.3 is 0 Å². The average molecular weight is 1260 g/mol. The fourth-order valence-corrected chi connectivity index (χ4v) is 14.3. The van der Waals surface area contributed by atoms with Crippen LogP contribution < -0.4 is 0 Å². The van der Waals surface area contributed by atoms with Gasteiger partial charge in [0.1, 0.15) is 5.58 Å². The van der Waals surface area contributed by atoms with Crippen LogP contribution in [0.4, 0.5) is 0 Å². The molecule has 13 aromatic carbocycles. The summed E-state index contributed by atoms with van der Waals surface area (Å²) in [7, 11) is 0. The molecule has 1 aliphatic carbocycles. The monoisotopic (exact) mass is 1260 g/mol. The van der Waals surface area contributed by atoms with E-state index >= 15 is 0 Å². The third kappa shape index (κ3) is 9.79. The summed E-state index contributed by atoms with van der Waals surface area (Å²) < 4.78 is 11.2. The van der Waals surface area contributed by atoms with Crippen LogP contribution in [0.2, 0.25) is 0 Å². The van der Waals surface area contributed by atoms with Crippen molar-refractivity contribution in [2.24, 2.45) is 0 Å². The third-order valence-corrected chi connectivity index (χ3v) is 19.1. The Morgan fingerprint density at radius 2 is 0.786 bits per heavy atom. The molecule has 5 aromatic heterocycles. The van der Waals surface area contributed by atoms with Crippen molar-refractivity contribution in [1.29, 1.82) is 5.26 Å². The number of nitriles is 1. The normalized spacial score (nSPS) is 12.3. The first-order valence-corrected chi connectivity index (χ1v) is 32.8. The molecule has 1 aliphatic rings. The van der Waals surface area contributed by atoms with E-state index in [0.29, 0.717) is 40.5 Å². The van der Waals surface area contributed by atoms with E-state index in [1.54, 1.807) is 12.1 Å². The quantitative estimate of drug-likeness (QED) is 0.140. The maximum Gasteiger partial charge on any atom is 0.164 e. The highest BCUT2D eigenvalue weighted by Gasteiger charge is 2.36. The summed E-state index contributed by atoms with van der Waals surface area (Å²) in [5.74, 6) is 3.65. The standard InChI is InChI=1S/C48H34N4.C40H23N5O/c1-48(2)41-24-13-12-23-37(41)38-29-40-39-28-34(31-15-6-3-7-16-31)25-26-43(39)52(44(40)30-42(38)48)36-22-14-21-35(27-36)47-50-45(32-17-8-4-9-18-32)49-46(51-47)33-19-10-5-11-20-33;41-24-25-14-16-27(17-15-25)39-42-38(26-8-2-1-3-9-26)43-40(44-39)28-18-20-29(21-19-28)45-34-12-6-4-10-30(34)32-22-23-33-31-11-5-7-13-35(31)46-37(33)36(32)45/h3-30H,1-2H3;1-23H. The predicted molar refractivity (Wildman–Crippen MR) is 396 cm³/mol. The Labute approximate surface area is 564 Å². The summed E-state index contributed by atoms with van der Waals surface area (Å²) in [4.78, 5) is 29.6. The van der Waals surface area contributed by atoms with E-state index in [1.165, 1.54) is 55.1 Å². The van der Waals surface area contributed by atoms with Gasteiger partial charge in [-0.15, -0.1) is 0 Å². The predicted octanol–water partition coefficient (Wildman–Crippen LogP) is 21.7. The van der Waals surface area contributed by atoms with Gasteiger partial charge in [0.25, 0.3) is 0 Å². The minimum atomic E-state index is -0.120. The molecule has 0 saturated heterocycles. The highest BCUT2D eigenvalue weighted by atomic mass is 16.3. The van der Waals surface area contributed by atoms with Crippen LogP contribution in [-0.2, 0) is 5.41 Å². The molecule has 10 nitrogen and oxygen atoms in total. The Balaban J connectivity index is 0.000000143. The largest absolute Gasteiger partial charge is 0.454 e. The van der Waals surface area contributed by atoms with Crippen LogP contribution in [0.3, 0.4) is 0 Å². The van der Waals surface area contributed by atoms with E-state index in [9.17, 15) is 5.26 Å². The van der Waals surface area contributed by atoms with Crippen molar-refractivity contribution in [1.82, 2.24) is 39.0 Å². The van der Waals surface area contributed by atoms with Gasteiger partial charge in [-0.2, -0.15) is 5.26 Å². The first-order chi connectivity index (χ1) is 48.3. The Kier molecular flexibility index (Phi) is 13.7. The molecule has 0 bridgehead atoms. The van der Waals surface area contributed by atoms with E-state index in [-0.39, 0.29) is 5.41 Å². The Bertz CT molecular complexity index is 6130. The molecule has 0 radical (unpaired) electrons. The number of hydrogen-bond acceptors (Lipinski definition) is 8. The van der Waals surface area contributed by atoms with Gasteiger partial charge in [-0.1, -0.05) is 220 Å².